The van der Waals surface area contributed by atoms with Crippen molar-refractivity contribution in [1.82, 2.24) is 19.9 Å². The van der Waals surface area contributed by atoms with Gasteiger partial charge in [0.2, 0.25) is 26.6 Å². The van der Waals surface area contributed by atoms with Crippen LogP contribution in [0, 0.1) is 0 Å². The van der Waals surface area contributed by atoms with E-state index in [2.05, 4.69) is 24.6 Å². The highest BCUT2D eigenvalue weighted by molar-refractivity contribution is 7.45. The molecule has 11 N–H and O–H groups in total. The lowest BCUT2D eigenvalue weighted by molar-refractivity contribution is -0.327. The SMILES string of the molecule is CO[C@H]1C(O)[C@@H](CO)O[C@H]1C1=CCc2c1nc(N)[nH]c2=O.CO[C@H]1C(O)[C@@H](OOP(O)CO)O[C@H]1C1=CCc2c1nc(N)[nH]c2=O. The molecular formula is C26H35N6O13P. The number of anilines is 2. The van der Waals surface area contributed by atoms with Crippen molar-refractivity contribution >= 4 is 31.4 Å². The van der Waals surface area contributed by atoms with Gasteiger partial charge in [0.05, 0.1) is 18.0 Å². The Hall–Kier alpha value is -3.17. The molecule has 2 aliphatic heterocycles. The van der Waals surface area contributed by atoms with E-state index < -0.39 is 63.7 Å². The first-order chi connectivity index (χ1) is 22.0. The van der Waals surface area contributed by atoms with Gasteiger partial charge in [0.15, 0.2) is 0 Å². The standard InChI is InChI=1S/C13H18N3O8P.C13H17N3O5/c1-21-10-8(18)12(23-24-25(20)4-17)22-9(10)5-2-3-6-7(5)15-13(14)16-11(6)19;1-20-11-9(18)7(4-17)21-10(11)5-2-3-6-8(5)15-13(14)16-12(6)19/h2,8-10,12,17-18,20H,3-4H2,1H3,(H3,14,15,16,19);2,7,9-11,17-18H,3-4H2,1H3,(H3,14,15,16,19)/t8?,9-,10-,12+,25?;7-,9?,10+,11+/m01/s1. The number of methoxy groups -OCH3 is 2. The lowest BCUT2D eigenvalue weighted by Crippen LogP contribution is -2.36. The molecule has 46 heavy (non-hydrogen) atoms. The van der Waals surface area contributed by atoms with Gasteiger partial charge in [-0.05, 0) is 12.8 Å². The van der Waals surface area contributed by atoms with E-state index in [4.69, 9.17) is 40.4 Å². The van der Waals surface area contributed by atoms with Crippen molar-refractivity contribution in [3.05, 3.63) is 55.4 Å². The summed E-state index contributed by atoms with van der Waals surface area (Å²) in [5, 5.41) is 38.4. The van der Waals surface area contributed by atoms with Crippen LogP contribution in [0.25, 0.3) is 11.1 Å². The van der Waals surface area contributed by atoms with Crippen LogP contribution in [0.1, 0.15) is 22.5 Å². The topological polar surface area (TPSA) is 300 Å². The molecule has 19 nitrogen and oxygen atoms in total. The zero-order chi connectivity index (χ0) is 33.3. The summed E-state index contributed by atoms with van der Waals surface area (Å²) < 4.78 is 26.4. The van der Waals surface area contributed by atoms with Gasteiger partial charge in [-0.25, -0.2) is 9.97 Å². The number of aliphatic hydroxyl groups is 4. The Kier molecular flexibility index (Phi) is 10.6. The fourth-order valence-electron chi connectivity index (χ4n) is 5.75. The zero-order valence-corrected chi connectivity index (χ0v) is 25.5. The summed E-state index contributed by atoms with van der Waals surface area (Å²) in [6, 6.07) is 0. The minimum Gasteiger partial charge on any atom is -0.394 e. The molecule has 0 aromatic carbocycles. The Morgan fingerprint density at radius 3 is 1.87 bits per heavy atom. The summed E-state index contributed by atoms with van der Waals surface area (Å²) in [5.41, 5.74) is 13.6. The summed E-state index contributed by atoms with van der Waals surface area (Å²) in [6.07, 6.45) is -3.34. The molecule has 0 spiro atoms. The normalized spacial score (nSPS) is 30.3. The molecule has 2 aromatic rings. The molecule has 2 saturated heterocycles. The Labute approximate surface area is 261 Å². The van der Waals surface area contributed by atoms with Gasteiger partial charge in [-0.15, -0.1) is 0 Å². The third kappa shape index (κ3) is 6.50. The highest BCUT2D eigenvalue weighted by atomic mass is 31.2. The van der Waals surface area contributed by atoms with Crippen LogP contribution in [0.2, 0.25) is 0 Å². The maximum atomic E-state index is 12.0. The predicted octanol–water partition coefficient (Wildman–Crippen LogP) is -2.98. The average Bonchev–Trinajstić information content (AvgIpc) is 3.79. The van der Waals surface area contributed by atoms with Crippen LogP contribution < -0.4 is 22.6 Å². The molecule has 4 heterocycles. The molecule has 4 aliphatic rings. The van der Waals surface area contributed by atoms with Gasteiger partial charge < -0.3 is 55.7 Å². The smallest absolute Gasteiger partial charge is 0.256 e. The van der Waals surface area contributed by atoms with E-state index >= 15 is 0 Å². The number of nitrogen functional groups attached to an aromatic ring is 2. The lowest BCUT2D eigenvalue weighted by Gasteiger charge is -2.20. The van der Waals surface area contributed by atoms with Crippen LogP contribution in [0.3, 0.4) is 0 Å². The summed E-state index contributed by atoms with van der Waals surface area (Å²) in [6.45, 7) is -0.317. The zero-order valence-electron chi connectivity index (χ0n) is 24.6. The molecule has 0 saturated carbocycles. The van der Waals surface area contributed by atoms with Crippen LogP contribution in [0.4, 0.5) is 11.9 Å². The van der Waals surface area contributed by atoms with Gasteiger partial charge in [0, 0.05) is 36.5 Å². The number of aliphatic hydroxyl groups excluding tert-OH is 4. The molecule has 252 valence electrons. The maximum Gasteiger partial charge on any atom is 0.256 e. The molecule has 2 aromatic heterocycles. The Balaban J connectivity index is 0.000000184. The highest BCUT2D eigenvalue weighted by Crippen LogP contribution is 2.39. The van der Waals surface area contributed by atoms with Gasteiger partial charge in [-0.1, -0.05) is 12.2 Å². The number of aromatic amines is 2. The Morgan fingerprint density at radius 2 is 1.39 bits per heavy atom. The van der Waals surface area contributed by atoms with Crippen LogP contribution in [-0.4, -0.2) is 121 Å². The van der Waals surface area contributed by atoms with E-state index in [0.717, 1.165) is 0 Å². The number of nitrogens with zero attached hydrogens (tertiary/aromatic N) is 2. The summed E-state index contributed by atoms with van der Waals surface area (Å²) in [4.78, 5) is 51.1. The largest absolute Gasteiger partial charge is 0.394 e. The van der Waals surface area contributed by atoms with Gasteiger partial charge >= 0.3 is 0 Å². The first-order valence-corrected chi connectivity index (χ1v) is 15.3. The van der Waals surface area contributed by atoms with Crippen molar-refractivity contribution in [3.63, 3.8) is 0 Å². The number of hydrogen-bond acceptors (Lipinski definition) is 17. The minimum atomic E-state index is -2.20. The summed E-state index contributed by atoms with van der Waals surface area (Å²) in [7, 11) is 0.648. The molecule has 0 radical (unpaired) electrons. The van der Waals surface area contributed by atoms with Gasteiger partial charge in [0.1, 0.15) is 49.1 Å². The Morgan fingerprint density at radius 1 is 0.891 bits per heavy atom. The molecule has 2 fully saturated rings. The number of fused-ring (bicyclic) bond motifs is 2. The van der Waals surface area contributed by atoms with Crippen molar-refractivity contribution in [2.45, 2.75) is 61.9 Å². The number of allylic oxidation sites excluding steroid dienone is 2. The van der Waals surface area contributed by atoms with E-state index in [-0.39, 0.29) is 29.6 Å². The van der Waals surface area contributed by atoms with Crippen molar-refractivity contribution < 1.29 is 53.8 Å². The van der Waals surface area contributed by atoms with Crippen LogP contribution in [0.5, 0.6) is 0 Å². The van der Waals surface area contributed by atoms with Gasteiger partial charge in [0.25, 0.3) is 11.1 Å². The minimum absolute atomic E-state index is 0.0257. The van der Waals surface area contributed by atoms with Crippen LogP contribution in [0.15, 0.2) is 21.7 Å². The summed E-state index contributed by atoms with van der Waals surface area (Å²) >= 11 is 0. The summed E-state index contributed by atoms with van der Waals surface area (Å²) in [5.74, 6) is -0.00756. The second-order valence-electron chi connectivity index (χ2n) is 10.5. The van der Waals surface area contributed by atoms with Gasteiger partial charge in [-0.3, -0.25) is 19.6 Å². The highest BCUT2D eigenvalue weighted by Gasteiger charge is 2.49. The molecule has 6 rings (SSSR count). The van der Waals surface area contributed by atoms with Gasteiger partial charge in [-0.2, -0.15) is 9.56 Å². The van der Waals surface area contributed by atoms with Crippen LogP contribution >= 0.6 is 8.38 Å². The lowest BCUT2D eigenvalue weighted by atomic mass is 10.00. The third-order valence-electron chi connectivity index (χ3n) is 7.88. The second-order valence-corrected chi connectivity index (χ2v) is 11.7. The van der Waals surface area contributed by atoms with E-state index in [9.17, 15) is 29.8 Å². The van der Waals surface area contributed by atoms with E-state index in [1.807, 2.05) is 6.08 Å². The maximum absolute atomic E-state index is 12.0. The first-order valence-electron chi connectivity index (χ1n) is 13.9. The number of ether oxygens (including phenoxy) is 4. The molecular weight excluding hydrogens is 635 g/mol. The van der Waals surface area contributed by atoms with Crippen LogP contribution in [-0.2, 0) is 41.4 Å². The van der Waals surface area contributed by atoms with E-state index in [1.165, 1.54) is 14.2 Å². The molecule has 20 heteroatoms. The quantitative estimate of drug-likeness (QED) is 0.0730. The number of H-pyrrole nitrogens is 2. The molecule has 9 atom stereocenters. The van der Waals surface area contributed by atoms with Crippen molar-refractivity contribution in [1.29, 1.82) is 0 Å². The van der Waals surface area contributed by atoms with Crippen molar-refractivity contribution in [2.75, 3.05) is 38.6 Å². The van der Waals surface area contributed by atoms with Crippen molar-refractivity contribution in [3.8, 4) is 0 Å². The fourth-order valence-corrected chi connectivity index (χ4v) is 5.98. The number of hydrogen-bond donors (Lipinski definition) is 9. The fraction of sp³-hybridized carbons (Fsp3) is 0.538. The van der Waals surface area contributed by atoms with Crippen molar-refractivity contribution in [2.24, 2.45) is 0 Å². The Bertz CT molecular complexity index is 1600. The number of rotatable bonds is 9. The number of nitrogens with one attached hydrogen (secondary N) is 2. The molecule has 3 unspecified atom stereocenters. The monoisotopic (exact) mass is 670 g/mol. The molecule has 0 amide bonds. The molecule has 2 aliphatic carbocycles. The first kappa shape index (κ1) is 34.2. The predicted molar refractivity (Wildman–Crippen MR) is 158 cm³/mol. The second kappa shape index (κ2) is 14.3. The number of nitrogens with two attached hydrogens (primary N) is 2. The van der Waals surface area contributed by atoms with E-state index in [1.54, 1.807) is 6.08 Å². The third-order valence-corrected chi connectivity index (χ3v) is 8.38. The average molecular weight is 671 g/mol. The number of aromatic nitrogens is 4. The van der Waals surface area contributed by atoms with E-state index in [0.29, 0.717) is 46.5 Å². The molecule has 0 bridgehead atoms.